The normalized spacial score (nSPS) is 10.8. The number of hydrogen-bond donors (Lipinski definition) is 2. The number of anilines is 1. The maximum absolute atomic E-state index is 9.45. The van der Waals surface area contributed by atoms with E-state index in [9.17, 15) is 5.11 Å². The van der Waals surface area contributed by atoms with Crippen molar-refractivity contribution in [2.24, 2.45) is 0 Å². The molecule has 0 saturated carbocycles. The van der Waals surface area contributed by atoms with Crippen LogP contribution in [0.1, 0.15) is 5.56 Å². The fraction of sp³-hybridized carbons (Fsp3) is 0.111. The van der Waals surface area contributed by atoms with Gasteiger partial charge in [0.25, 0.3) is 0 Å². The van der Waals surface area contributed by atoms with E-state index >= 15 is 0 Å². The minimum atomic E-state index is 0.298. The number of fused-ring (bicyclic) bond motifs is 1. The summed E-state index contributed by atoms with van der Waals surface area (Å²) in [4.78, 5) is 0. The van der Waals surface area contributed by atoms with Gasteiger partial charge >= 0.3 is 0 Å². The van der Waals surface area contributed by atoms with Crippen LogP contribution in [0, 0.1) is 0 Å². The number of thiophene rings is 1. The summed E-state index contributed by atoms with van der Waals surface area (Å²) in [5, 5.41) is 12.0. The van der Waals surface area contributed by atoms with E-state index in [1.54, 1.807) is 5.38 Å². The highest BCUT2D eigenvalue weighted by atomic mass is 35.5. The molecule has 13 heavy (non-hydrogen) atoms. The summed E-state index contributed by atoms with van der Waals surface area (Å²) >= 11 is 7.17. The Hall–Kier alpha value is -0.930. The minimum Gasteiger partial charge on any atom is -0.506 e. The van der Waals surface area contributed by atoms with Crippen molar-refractivity contribution in [3.05, 3.63) is 23.1 Å². The van der Waals surface area contributed by atoms with E-state index in [1.165, 1.54) is 11.3 Å². The second-order valence-corrected chi connectivity index (χ2v) is 3.98. The van der Waals surface area contributed by atoms with E-state index in [0.29, 0.717) is 17.3 Å². The molecular formula is C9H8ClNOS. The molecule has 2 rings (SSSR count). The number of nitrogen functional groups attached to an aromatic ring is 1. The molecule has 68 valence electrons. The second kappa shape index (κ2) is 3.09. The lowest BCUT2D eigenvalue weighted by atomic mass is 10.1. The summed E-state index contributed by atoms with van der Waals surface area (Å²) in [6.07, 6.45) is 0. The van der Waals surface area contributed by atoms with Gasteiger partial charge in [-0.05, 0) is 17.7 Å². The van der Waals surface area contributed by atoms with Crippen LogP contribution in [0.4, 0.5) is 5.69 Å². The molecule has 0 bridgehead atoms. The van der Waals surface area contributed by atoms with Gasteiger partial charge < -0.3 is 10.8 Å². The molecular weight excluding hydrogens is 206 g/mol. The Bertz CT molecular complexity index is 452. The highest BCUT2D eigenvalue weighted by Gasteiger charge is 2.06. The van der Waals surface area contributed by atoms with Gasteiger partial charge in [0, 0.05) is 27.0 Å². The Morgan fingerprint density at radius 2 is 2.23 bits per heavy atom. The van der Waals surface area contributed by atoms with Gasteiger partial charge in [-0.3, -0.25) is 0 Å². The number of halogens is 1. The van der Waals surface area contributed by atoms with Crippen LogP contribution in [0.2, 0.25) is 0 Å². The van der Waals surface area contributed by atoms with Crippen LogP contribution in [0.3, 0.4) is 0 Å². The Morgan fingerprint density at radius 1 is 1.46 bits per heavy atom. The number of alkyl halides is 1. The summed E-state index contributed by atoms with van der Waals surface area (Å²) in [6, 6.07) is 3.68. The standard InChI is InChI=1S/C9H8ClNOS/c10-3-5-1-6-8(12)4-13-9(6)2-7(5)11/h1-2,4,12H,3,11H2. The molecule has 2 aromatic rings. The van der Waals surface area contributed by atoms with Crippen LogP contribution in [-0.4, -0.2) is 5.11 Å². The summed E-state index contributed by atoms with van der Waals surface area (Å²) in [6.45, 7) is 0. The Morgan fingerprint density at radius 3 is 2.92 bits per heavy atom. The van der Waals surface area contributed by atoms with Gasteiger partial charge in [-0.2, -0.15) is 0 Å². The molecule has 0 aliphatic rings. The fourth-order valence-electron chi connectivity index (χ4n) is 1.24. The molecule has 0 unspecified atom stereocenters. The van der Waals surface area contributed by atoms with Gasteiger partial charge in [-0.1, -0.05) is 0 Å². The lowest BCUT2D eigenvalue weighted by Gasteiger charge is -2.01. The summed E-state index contributed by atoms with van der Waals surface area (Å²) in [7, 11) is 0. The highest BCUT2D eigenvalue weighted by Crippen LogP contribution is 2.34. The van der Waals surface area contributed by atoms with Gasteiger partial charge in [0.05, 0.1) is 0 Å². The van der Waals surface area contributed by atoms with Gasteiger partial charge in [0.15, 0.2) is 0 Å². The van der Waals surface area contributed by atoms with E-state index < -0.39 is 0 Å². The highest BCUT2D eigenvalue weighted by molar-refractivity contribution is 7.17. The van der Waals surface area contributed by atoms with Crippen molar-refractivity contribution in [1.82, 2.24) is 0 Å². The molecule has 0 atom stereocenters. The van der Waals surface area contributed by atoms with E-state index in [-0.39, 0.29) is 0 Å². The predicted octanol–water partition coefficient (Wildman–Crippen LogP) is 2.93. The van der Waals surface area contributed by atoms with Crippen molar-refractivity contribution in [3.63, 3.8) is 0 Å². The van der Waals surface area contributed by atoms with Gasteiger partial charge in [0.1, 0.15) is 5.75 Å². The molecule has 0 saturated heterocycles. The third kappa shape index (κ3) is 1.34. The smallest absolute Gasteiger partial charge is 0.134 e. The predicted molar refractivity (Wildman–Crippen MR) is 57.5 cm³/mol. The first-order chi connectivity index (χ1) is 6.22. The van der Waals surface area contributed by atoms with Crippen LogP contribution in [-0.2, 0) is 5.88 Å². The largest absolute Gasteiger partial charge is 0.506 e. The van der Waals surface area contributed by atoms with Crippen LogP contribution in [0.15, 0.2) is 17.5 Å². The van der Waals surface area contributed by atoms with Crippen LogP contribution in [0.25, 0.3) is 10.1 Å². The van der Waals surface area contributed by atoms with E-state index in [4.69, 9.17) is 17.3 Å². The molecule has 1 aromatic carbocycles. The molecule has 3 N–H and O–H groups in total. The second-order valence-electron chi connectivity index (χ2n) is 2.80. The maximum atomic E-state index is 9.45. The zero-order chi connectivity index (χ0) is 9.42. The summed E-state index contributed by atoms with van der Waals surface area (Å²) in [5.74, 6) is 0.670. The minimum absolute atomic E-state index is 0.298. The van der Waals surface area contributed by atoms with Gasteiger partial charge in [-0.25, -0.2) is 0 Å². The van der Waals surface area contributed by atoms with Crippen molar-refractivity contribution in [2.45, 2.75) is 5.88 Å². The third-order valence-corrected chi connectivity index (χ3v) is 3.18. The fourth-order valence-corrected chi connectivity index (χ4v) is 2.32. The van der Waals surface area contributed by atoms with Crippen LogP contribution < -0.4 is 5.73 Å². The lowest BCUT2D eigenvalue weighted by Crippen LogP contribution is -1.90. The number of hydrogen-bond acceptors (Lipinski definition) is 3. The Labute approximate surface area is 84.6 Å². The molecule has 0 aliphatic carbocycles. The number of nitrogens with two attached hydrogens (primary N) is 1. The zero-order valence-corrected chi connectivity index (χ0v) is 8.32. The van der Waals surface area contributed by atoms with Crippen molar-refractivity contribution in [1.29, 1.82) is 0 Å². The Kier molecular flexibility index (Phi) is 2.06. The first kappa shape index (κ1) is 8.66. The molecule has 0 amide bonds. The molecule has 4 heteroatoms. The van der Waals surface area contributed by atoms with Crippen molar-refractivity contribution in [2.75, 3.05) is 5.73 Å². The van der Waals surface area contributed by atoms with E-state index in [0.717, 1.165) is 15.6 Å². The molecule has 1 heterocycles. The topological polar surface area (TPSA) is 46.2 Å². The third-order valence-electron chi connectivity index (χ3n) is 1.96. The quantitative estimate of drug-likeness (QED) is 0.565. The monoisotopic (exact) mass is 213 g/mol. The molecule has 1 aromatic heterocycles. The number of aromatic hydroxyl groups is 1. The maximum Gasteiger partial charge on any atom is 0.134 e. The number of benzene rings is 1. The summed E-state index contributed by atoms with van der Waals surface area (Å²) in [5.41, 5.74) is 7.30. The van der Waals surface area contributed by atoms with E-state index in [2.05, 4.69) is 0 Å². The average molecular weight is 214 g/mol. The first-order valence-electron chi connectivity index (χ1n) is 3.77. The number of rotatable bonds is 1. The van der Waals surface area contributed by atoms with Crippen molar-refractivity contribution >= 4 is 38.7 Å². The first-order valence-corrected chi connectivity index (χ1v) is 5.18. The Balaban J connectivity index is 2.77. The molecule has 0 radical (unpaired) electrons. The van der Waals surface area contributed by atoms with Crippen molar-refractivity contribution < 1.29 is 5.11 Å². The lowest BCUT2D eigenvalue weighted by molar-refractivity contribution is 0.483. The van der Waals surface area contributed by atoms with Crippen LogP contribution >= 0.6 is 22.9 Å². The molecule has 0 spiro atoms. The molecule has 0 fully saturated rings. The van der Waals surface area contributed by atoms with Crippen molar-refractivity contribution in [3.8, 4) is 5.75 Å². The molecule has 2 nitrogen and oxygen atoms in total. The molecule has 0 aliphatic heterocycles. The zero-order valence-electron chi connectivity index (χ0n) is 6.75. The van der Waals surface area contributed by atoms with Crippen LogP contribution in [0.5, 0.6) is 5.75 Å². The SMILES string of the molecule is Nc1cc2scc(O)c2cc1CCl. The van der Waals surface area contributed by atoms with Gasteiger partial charge in [0.2, 0.25) is 0 Å². The summed E-state index contributed by atoms with van der Waals surface area (Å²) < 4.78 is 0.990. The van der Waals surface area contributed by atoms with E-state index in [1.807, 2.05) is 12.1 Å². The average Bonchev–Trinajstić information content (AvgIpc) is 2.46. The van der Waals surface area contributed by atoms with Gasteiger partial charge in [-0.15, -0.1) is 22.9 Å².